The molecule has 0 spiro atoms. The van der Waals surface area contributed by atoms with Crippen LogP contribution >= 0.6 is 0 Å². The van der Waals surface area contributed by atoms with E-state index >= 15 is 0 Å². The number of nitrogens with zero attached hydrogens (tertiary/aromatic N) is 6. The largest absolute Gasteiger partial charge is 0.507 e. The molecule has 10 nitrogen and oxygen atoms in total. The highest BCUT2D eigenvalue weighted by atomic mass is 16.5. The molecule has 8 aromatic rings. The zero-order valence-corrected chi connectivity index (χ0v) is 38.9. The molecule has 0 fully saturated rings. The lowest BCUT2D eigenvalue weighted by molar-refractivity contribution is 0.227. The number of aromatic nitrogens is 6. The number of unbranched alkanes of at least 4 members (excludes halogenated alkanes) is 8. The van der Waals surface area contributed by atoms with Gasteiger partial charge in [0.1, 0.15) is 23.0 Å². The van der Waals surface area contributed by atoms with Gasteiger partial charge in [0.05, 0.1) is 24.3 Å². The topological polar surface area (TPSA) is 136 Å². The van der Waals surface area contributed by atoms with Crippen molar-refractivity contribution in [2.45, 2.75) is 84.0 Å². The van der Waals surface area contributed by atoms with E-state index in [0.717, 1.165) is 47.9 Å². The van der Waals surface area contributed by atoms with Gasteiger partial charge in [-0.3, -0.25) is 0 Å². The molecule has 0 aliphatic rings. The molecular weight excluding hydrogens is 845 g/mol. The summed E-state index contributed by atoms with van der Waals surface area (Å²) < 4.78 is 12.6. The molecule has 2 N–H and O–H groups in total. The lowest BCUT2D eigenvalue weighted by atomic mass is 9.94. The predicted octanol–water partition coefficient (Wildman–Crippen LogP) is 14.2. The number of rotatable bonds is 24. The van der Waals surface area contributed by atoms with Crippen molar-refractivity contribution in [3.8, 4) is 91.3 Å². The SMILES string of the molecule is CCCCCCCCCCCC(CCOc1ccc(-c2nc(-c3ccccc3)nc(-c3ccccc3)n2)c(O)c1)CCOc1ccc(-c2nc(-c3ccccc3)nc(-c3ccccc3)n2)c(O)c1. The molecule has 0 bridgehead atoms. The Morgan fingerprint density at radius 3 is 1.03 bits per heavy atom. The van der Waals surface area contributed by atoms with E-state index in [4.69, 9.17) is 39.4 Å². The molecule has 0 atom stereocenters. The second-order valence-electron chi connectivity index (χ2n) is 17.2. The number of hydrogen-bond acceptors (Lipinski definition) is 10. The molecule has 0 unspecified atom stereocenters. The first-order valence-electron chi connectivity index (χ1n) is 24.2. The van der Waals surface area contributed by atoms with Gasteiger partial charge in [-0.15, -0.1) is 0 Å². The number of benzene rings is 6. The monoisotopic (exact) mass is 904 g/mol. The van der Waals surface area contributed by atoms with Crippen LogP contribution in [-0.2, 0) is 0 Å². The van der Waals surface area contributed by atoms with Crippen molar-refractivity contribution in [1.82, 2.24) is 29.9 Å². The Morgan fingerprint density at radius 2 is 0.691 bits per heavy atom. The molecule has 2 aromatic heterocycles. The highest BCUT2D eigenvalue weighted by Gasteiger charge is 2.18. The van der Waals surface area contributed by atoms with Gasteiger partial charge in [0.2, 0.25) is 0 Å². The van der Waals surface area contributed by atoms with Crippen LogP contribution in [-0.4, -0.2) is 53.3 Å². The molecule has 346 valence electrons. The average molecular weight is 905 g/mol. The third-order valence-corrected chi connectivity index (χ3v) is 12.1. The second-order valence-corrected chi connectivity index (χ2v) is 17.2. The van der Waals surface area contributed by atoms with Gasteiger partial charge in [0, 0.05) is 34.4 Å². The smallest absolute Gasteiger partial charge is 0.167 e. The van der Waals surface area contributed by atoms with Crippen LogP contribution in [0.5, 0.6) is 23.0 Å². The molecule has 8 rings (SSSR count). The van der Waals surface area contributed by atoms with Crippen LogP contribution in [0.15, 0.2) is 158 Å². The van der Waals surface area contributed by atoms with Crippen molar-refractivity contribution in [3.63, 3.8) is 0 Å². The summed E-state index contributed by atoms with van der Waals surface area (Å²) in [4.78, 5) is 28.7. The fraction of sp³-hybridized carbons (Fsp3) is 0.276. The summed E-state index contributed by atoms with van der Waals surface area (Å²) in [7, 11) is 0. The fourth-order valence-electron chi connectivity index (χ4n) is 8.30. The standard InChI is InChI=1S/C58H60N6O4/c1-2-3-4-5-6-7-8-9-14-23-42(36-38-67-47-32-34-49(51(65)40-47)57-61-53(43-24-15-10-16-25-43)59-54(62-57)44-26-17-11-18-27-44)37-39-68-48-33-35-50(52(66)41-48)58-63-55(45-28-19-12-20-29-45)60-56(64-58)46-30-21-13-22-31-46/h10-13,15-22,24-35,40-42,65-66H,2-9,14,23,36-39H2,1H3. The summed E-state index contributed by atoms with van der Waals surface area (Å²) in [5, 5.41) is 22.7. The van der Waals surface area contributed by atoms with Crippen LogP contribution in [0.4, 0.5) is 0 Å². The Hall–Kier alpha value is -7.46. The minimum Gasteiger partial charge on any atom is -0.507 e. The maximum Gasteiger partial charge on any atom is 0.167 e. The summed E-state index contributed by atoms with van der Waals surface area (Å²) in [5.74, 6) is 4.44. The fourth-order valence-corrected chi connectivity index (χ4v) is 8.30. The first-order valence-corrected chi connectivity index (χ1v) is 24.2. The van der Waals surface area contributed by atoms with E-state index in [2.05, 4.69) is 6.92 Å². The Morgan fingerprint density at radius 1 is 0.368 bits per heavy atom. The number of aromatic hydroxyl groups is 2. The molecule has 6 aromatic carbocycles. The van der Waals surface area contributed by atoms with Crippen molar-refractivity contribution >= 4 is 0 Å². The molecular formula is C58H60N6O4. The van der Waals surface area contributed by atoms with Crippen molar-refractivity contribution < 1.29 is 19.7 Å². The maximum absolute atomic E-state index is 11.3. The first kappa shape index (κ1) is 47.0. The summed E-state index contributed by atoms with van der Waals surface area (Å²) in [6, 6.07) is 49.7. The van der Waals surface area contributed by atoms with Gasteiger partial charge in [-0.05, 0) is 43.0 Å². The summed E-state index contributed by atoms with van der Waals surface area (Å²) in [5.41, 5.74) is 4.43. The van der Waals surface area contributed by atoms with Gasteiger partial charge in [-0.2, -0.15) is 0 Å². The quantitative estimate of drug-likeness (QED) is 0.0564. The molecule has 0 radical (unpaired) electrons. The van der Waals surface area contributed by atoms with E-state index in [1.165, 1.54) is 51.4 Å². The van der Waals surface area contributed by atoms with E-state index in [9.17, 15) is 10.2 Å². The van der Waals surface area contributed by atoms with Gasteiger partial charge < -0.3 is 19.7 Å². The van der Waals surface area contributed by atoms with E-state index in [1.807, 2.05) is 146 Å². The van der Waals surface area contributed by atoms with Crippen molar-refractivity contribution in [2.24, 2.45) is 5.92 Å². The molecule has 10 heteroatoms. The Balaban J connectivity index is 0.918. The normalized spacial score (nSPS) is 11.2. The van der Waals surface area contributed by atoms with Gasteiger partial charge in [-0.1, -0.05) is 192 Å². The second kappa shape index (κ2) is 24.3. The Labute approximate surface area is 400 Å². The Kier molecular flexibility index (Phi) is 16.8. The molecule has 0 saturated heterocycles. The molecule has 0 amide bonds. The van der Waals surface area contributed by atoms with Gasteiger partial charge in [0.15, 0.2) is 34.9 Å². The Bertz CT molecular complexity index is 2500. The predicted molar refractivity (Wildman–Crippen MR) is 271 cm³/mol. The molecule has 68 heavy (non-hydrogen) atoms. The minimum absolute atomic E-state index is 0.0319. The van der Waals surface area contributed by atoms with E-state index < -0.39 is 0 Å². The molecule has 0 aliphatic carbocycles. The summed E-state index contributed by atoms with van der Waals surface area (Å²) in [6.07, 6.45) is 14.2. The first-order chi connectivity index (χ1) is 33.5. The van der Waals surface area contributed by atoms with Gasteiger partial charge in [0.25, 0.3) is 0 Å². The highest BCUT2D eigenvalue weighted by molar-refractivity contribution is 5.72. The zero-order valence-electron chi connectivity index (χ0n) is 38.9. The van der Waals surface area contributed by atoms with Crippen LogP contribution in [0.25, 0.3) is 68.3 Å². The molecule has 0 saturated carbocycles. The maximum atomic E-state index is 11.3. The summed E-state index contributed by atoms with van der Waals surface area (Å²) >= 11 is 0. The van der Waals surface area contributed by atoms with Crippen molar-refractivity contribution in [3.05, 3.63) is 158 Å². The van der Waals surface area contributed by atoms with Crippen LogP contribution in [0, 0.1) is 5.92 Å². The highest BCUT2D eigenvalue weighted by Crippen LogP contribution is 2.35. The third kappa shape index (κ3) is 13.1. The van der Waals surface area contributed by atoms with Crippen LogP contribution in [0.2, 0.25) is 0 Å². The lowest BCUT2D eigenvalue weighted by Crippen LogP contribution is -2.12. The van der Waals surface area contributed by atoms with Gasteiger partial charge >= 0.3 is 0 Å². The van der Waals surface area contributed by atoms with E-state index in [1.54, 1.807) is 12.1 Å². The summed E-state index contributed by atoms with van der Waals surface area (Å²) in [6.45, 7) is 3.23. The number of phenols is 2. The van der Waals surface area contributed by atoms with Gasteiger partial charge in [-0.25, -0.2) is 29.9 Å². The van der Waals surface area contributed by atoms with Crippen LogP contribution in [0.1, 0.15) is 84.0 Å². The number of phenolic OH excluding ortho intramolecular Hbond substituents is 2. The van der Waals surface area contributed by atoms with Crippen molar-refractivity contribution in [1.29, 1.82) is 0 Å². The van der Waals surface area contributed by atoms with Crippen molar-refractivity contribution in [2.75, 3.05) is 13.2 Å². The number of ether oxygens (including phenoxy) is 2. The van der Waals surface area contributed by atoms with E-state index in [-0.39, 0.29) is 11.5 Å². The molecule has 0 aliphatic heterocycles. The molecule has 2 heterocycles. The minimum atomic E-state index is 0.0319. The average Bonchev–Trinajstić information content (AvgIpc) is 3.39. The van der Waals surface area contributed by atoms with Crippen LogP contribution in [0.3, 0.4) is 0 Å². The lowest BCUT2D eigenvalue weighted by Gasteiger charge is -2.18. The number of hydrogen-bond donors (Lipinski definition) is 2. The van der Waals surface area contributed by atoms with Crippen LogP contribution < -0.4 is 9.47 Å². The third-order valence-electron chi connectivity index (χ3n) is 12.1. The zero-order chi connectivity index (χ0) is 46.8. The van der Waals surface area contributed by atoms with E-state index in [0.29, 0.717) is 76.7 Å².